The summed E-state index contributed by atoms with van der Waals surface area (Å²) in [6.45, 7) is 5.29. The molecule has 2 heterocycles. The first kappa shape index (κ1) is 23.8. The third kappa shape index (κ3) is 5.58. The summed E-state index contributed by atoms with van der Waals surface area (Å²) in [4.78, 5) is 21.2. The van der Waals surface area contributed by atoms with Gasteiger partial charge in [-0.15, -0.1) is 0 Å². The predicted octanol–water partition coefficient (Wildman–Crippen LogP) is 4.07. The van der Waals surface area contributed by atoms with Gasteiger partial charge in [-0.1, -0.05) is 46.6 Å². The maximum absolute atomic E-state index is 12.7. The van der Waals surface area contributed by atoms with Gasteiger partial charge in [0.25, 0.3) is 0 Å². The minimum absolute atomic E-state index is 0.0509. The molecular weight excluding hydrogens is 456 g/mol. The maximum atomic E-state index is 12.7. The maximum Gasteiger partial charge on any atom is 0.246 e. The van der Waals surface area contributed by atoms with E-state index >= 15 is 0 Å². The summed E-state index contributed by atoms with van der Waals surface area (Å²) in [6.07, 6.45) is 3.28. The Bertz CT molecular complexity index is 1170. The second kappa shape index (κ2) is 10.7. The van der Waals surface area contributed by atoms with Gasteiger partial charge in [-0.2, -0.15) is 4.98 Å². The molecular formula is C25H27ClN4O4. The summed E-state index contributed by atoms with van der Waals surface area (Å²) < 4.78 is 16.0. The van der Waals surface area contributed by atoms with Crippen LogP contribution in [0.5, 0.6) is 11.5 Å². The van der Waals surface area contributed by atoms with E-state index in [1.807, 2.05) is 36.1 Å². The molecule has 0 bridgehead atoms. The van der Waals surface area contributed by atoms with Gasteiger partial charge < -0.3 is 18.9 Å². The van der Waals surface area contributed by atoms with Gasteiger partial charge in [-0.05, 0) is 30.7 Å². The molecule has 178 valence electrons. The number of amides is 1. The standard InChI is InChI=1S/C25H27ClN4O4/c1-17-4-7-19(8-5-17)25-27-22(34-28-25)16-29-10-12-30(13-11-29)23(31)9-6-18-14-20(26)24(33-3)21(15-18)32-2/h4-9,14-15H,10-13,16H2,1-3H3/b9-6+. The highest BCUT2D eigenvalue weighted by molar-refractivity contribution is 6.32. The number of carbonyl (C=O) groups excluding carboxylic acids is 1. The first-order valence-electron chi connectivity index (χ1n) is 11.0. The van der Waals surface area contributed by atoms with Crippen LogP contribution in [0.15, 0.2) is 47.0 Å². The molecule has 1 aromatic heterocycles. The molecule has 1 aliphatic heterocycles. The Labute approximate surface area is 203 Å². The first-order valence-corrected chi connectivity index (χ1v) is 11.3. The molecule has 0 spiro atoms. The third-order valence-corrected chi connectivity index (χ3v) is 5.98. The first-order chi connectivity index (χ1) is 16.5. The topological polar surface area (TPSA) is 80.9 Å². The van der Waals surface area contributed by atoms with E-state index in [9.17, 15) is 4.79 Å². The van der Waals surface area contributed by atoms with Crippen LogP contribution in [0.25, 0.3) is 17.5 Å². The fourth-order valence-corrected chi connectivity index (χ4v) is 4.06. The number of aryl methyl sites for hydroxylation is 1. The third-order valence-electron chi connectivity index (χ3n) is 5.69. The van der Waals surface area contributed by atoms with Crippen molar-refractivity contribution < 1.29 is 18.8 Å². The van der Waals surface area contributed by atoms with E-state index in [-0.39, 0.29) is 5.91 Å². The monoisotopic (exact) mass is 482 g/mol. The number of benzene rings is 2. The molecule has 4 rings (SSSR count). The predicted molar refractivity (Wildman–Crippen MR) is 130 cm³/mol. The average molecular weight is 483 g/mol. The van der Waals surface area contributed by atoms with Crippen molar-refractivity contribution in [3.8, 4) is 22.9 Å². The van der Waals surface area contributed by atoms with E-state index in [4.69, 9.17) is 25.6 Å². The van der Waals surface area contributed by atoms with Gasteiger partial charge in [0.05, 0.1) is 25.8 Å². The molecule has 1 fully saturated rings. The second-order valence-corrected chi connectivity index (χ2v) is 8.46. The average Bonchev–Trinajstić information content (AvgIpc) is 3.31. The highest BCUT2D eigenvalue weighted by atomic mass is 35.5. The smallest absolute Gasteiger partial charge is 0.246 e. The summed E-state index contributed by atoms with van der Waals surface area (Å²) in [7, 11) is 3.08. The molecule has 9 heteroatoms. The van der Waals surface area contributed by atoms with Gasteiger partial charge in [-0.3, -0.25) is 9.69 Å². The quantitative estimate of drug-likeness (QED) is 0.469. The molecule has 3 aromatic rings. The van der Waals surface area contributed by atoms with Gasteiger partial charge in [0.15, 0.2) is 11.5 Å². The molecule has 0 saturated carbocycles. The van der Waals surface area contributed by atoms with Crippen LogP contribution in [-0.2, 0) is 11.3 Å². The van der Waals surface area contributed by atoms with Crippen molar-refractivity contribution in [2.45, 2.75) is 13.5 Å². The van der Waals surface area contributed by atoms with Crippen LogP contribution in [0, 0.1) is 6.92 Å². The zero-order valence-corrected chi connectivity index (χ0v) is 20.2. The van der Waals surface area contributed by atoms with Crippen LogP contribution in [0.1, 0.15) is 17.0 Å². The van der Waals surface area contributed by atoms with Gasteiger partial charge in [0, 0.05) is 37.8 Å². The molecule has 8 nitrogen and oxygen atoms in total. The summed E-state index contributed by atoms with van der Waals surface area (Å²) in [5.74, 6) is 2.09. The Morgan fingerprint density at radius 2 is 1.85 bits per heavy atom. The van der Waals surface area contributed by atoms with Crippen LogP contribution in [0.2, 0.25) is 5.02 Å². The Hall–Kier alpha value is -3.36. The van der Waals surface area contributed by atoms with Crippen molar-refractivity contribution >= 4 is 23.6 Å². The molecule has 1 amide bonds. The van der Waals surface area contributed by atoms with E-state index < -0.39 is 0 Å². The molecule has 1 aliphatic rings. The van der Waals surface area contributed by atoms with Crippen molar-refractivity contribution in [3.05, 3.63) is 64.5 Å². The lowest BCUT2D eigenvalue weighted by Gasteiger charge is -2.33. The van der Waals surface area contributed by atoms with Gasteiger partial charge in [0.2, 0.25) is 17.6 Å². The number of nitrogens with zero attached hydrogens (tertiary/aromatic N) is 4. The highest BCUT2D eigenvalue weighted by Crippen LogP contribution is 2.36. The molecule has 0 unspecified atom stereocenters. The summed E-state index contributed by atoms with van der Waals surface area (Å²) in [6, 6.07) is 11.5. The number of hydrogen-bond acceptors (Lipinski definition) is 7. The van der Waals surface area contributed by atoms with Gasteiger partial charge in [-0.25, -0.2) is 0 Å². The van der Waals surface area contributed by atoms with E-state index in [2.05, 4.69) is 15.0 Å². The minimum Gasteiger partial charge on any atom is -0.493 e. The molecule has 0 radical (unpaired) electrons. The number of halogens is 1. The van der Waals surface area contributed by atoms with E-state index in [1.165, 1.54) is 12.7 Å². The molecule has 1 saturated heterocycles. The molecule has 2 aromatic carbocycles. The Morgan fingerprint density at radius 3 is 2.53 bits per heavy atom. The number of methoxy groups -OCH3 is 2. The minimum atomic E-state index is -0.0509. The van der Waals surface area contributed by atoms with E-state index in [1.54, 1.807) is 31.4 Å². The summed E-state index contributed by atoms with van der Waals surface area (Å²) in [5.41, 5.74) is 2.87. The lowest BCUT2D eigenvalue weighted by Crippen LogP contribution is -2.47. The zero-order valence-electron chi connectivity index (χ0n) is 19.5. The van der Waals surface area contributed by atoms with Crippen molar-refractivity contribution in [2.24, 2.45) is 0 Å². The lowest BCUT2D eigenvalue weighted by atomic mass is 10.1. The normalized spacial score (nSPS) is 14.5. The van der Waals surface area contributed by atoms with Gasteiger partial charge >= 0.3 is 0 Å². The SMILES string of the molecule is COc1cc(/C=C/C(=O)N2CCN(Cc3nc(-c4ccc(C)cc4)no3)CC2)cc(Cl)c1OC. The Kier molecular flexibility index (Phi) is 7.49. The molecule has 34 heavy (non-hydrogen) atoms. The molecule has 0 N–H and O–H groups in total. The summed E-state index contributed by atoms with van der Waals surface area (Å²) in [5, 5.41) is 4.52. The molecule has 0 aliphatic carbocycles. The number of ether oxygens (including phenoxy) is 2. The van der Waals surface area contributed by atoms with Gasteiger partial charge in [0.1, 0.15) is 0 Å². The number of rotatable bonds is 7. The zero-order chi connectivity index (χ0) is 24.1. The number of aromatic nitrogens is 2. The van der Waals surface area contributed by atoms with Crippen molar-refractivity contribution in [2.75, 3.05) is 40.4 Å². The van der Waals surface area contributed by atoms with Crippen LogP contribution in [0.4, 0.5) is 0 Å². The van der Waals surface area contributed by atoms with Crippen molar-refractivity contribution in [1.82, 2.24) is 19.9 Å². The van der Waals surface area contributed by atoms with E-state index in [0.29, 0.717) is 47.9 Å². The molecule has 0 atom stereocenters. The second-order valence-electron chi connectivity index (χ2n) is 8.05. The lowest BCUT2D eigenvalue weighted by molar-refractivity contribution is -0.127. The van der Waals surface area contributed by atoms with E-state index in [0.717, 1.165) is 24.2 Å². The van der Waals surface area contributed by atoms with Crippen molar-refractivity contribution in [3.63, 3.8) is 0 Å². The highest BCUT2D eigenvalue weighted by Gasteiger charge is 2.21. The Balaban J connectivity index is 1.30. The van der Waals surface area contributed by atoms with Crippen LogP contribution in [0.3, 0.4) is 0 Å². The van der Waals surface area contributed by atoms with Crippen LogP contribution < -0.4 is 9.47 Å². The Morgan fingerprint density at radius 1 is 1.12 bits per heavy atom. The number of piperazine rings is 1. The van der Waals surface area contributed by atoms with Crippen LogP contribution >= 0.6 is 11.6 Å². The fourth-order valence-electron chi connectivity index (χ4n) is 3.76. The number of carbonyl (C=O) groups is 1. The summed E-state index contributed by atoms with van der Waals surface area (Å²) >= 11 is 6.25. The fraction of sp³-hybridized carbons (Fsp3) is 0.320. The number of hydrogen-bond donors (Lipinski definition) is 0. The van der Waals surface area contributed by atoms with Crippen LogP contribution in [-0.4, -0.2) is 66.2 Å². The largest absolute Gasteiger partial charge is 0.493 e. The van der Waals surface area contributed by atoms with Crippen molar-refractivity contribution in [1.29, 1.82) is 0 Å².